The zero-order chi connectivity index (χ0) is 23.2. The molecule has 2 aromatic carbocycles. The fraction of sp³-hybridized carbons (Fsp3) is 0.417. The third-order valence-electron chi connectivity index (χ3n) is 6.24. The topological polar surface area (TPSA) is 60.1 Å². The molecule has 0 amide bonds. The third-order valence-corrected chi connectivity index (χ3v) is 6.70. The van der Waals surface area contributed by atoms with Gasteiger partial charge in [-0.25, -0.2) is 4.39 Å². The molecule has 6 nitrogen and oxygen atoms in total. The Morgan fingerprint density at radius 2 is 1.73 bits per heavy atom. The van der Waals surface area contributed by atoms with Crippen LogP contribution in [0.5, 0.6) is 0 Å². The van der Waals surface area contributed by atoms with Gasteiger partial charge in [-0.15, -0.1) is 0 Å². The van der Waals surface area contributed by atoms with E-state index in [-0.39, 0.29) is 10.9 Å². The summed E-state index contributed by atoms with van der Waals surface area (Å²) < 4.78 is 15.1. The summed E-state index contributed by atoms with van der Waals surface area (Å²) in [7, 11) is 0. The summed E-state index contributed by atoms with van der Waals surface area (Å²) in [5, 5.41) is 4.96. The second-order valence-corrected chi connectivity index (χ2v) is 9.35. The number of anilines is 2. The molecule has 0 aromatic heterocycles. The molecule has 4 rings (SSSR count). The monoisotopic (exact) mass is 488 g/mol. The Hall–Kier alpha value is -2.42. The molecular weight excluding hydrogens is 459 g/mol. The summed E-state index contributed by atoms with van der Waals surface area (Å²) in [6, 6.07) is 11.5. The van der Waals surface area contributed by atoms with E-state index in [0.29, 0.717) is 11.3 Å². The van der Waals surface area contributed by atoms with Gasteiger partial charge in [0.2, 0.25) is 0 Å². The normalized spacial score (nSPS) is 17.5. The van der Waals surface area contributed by atoms with E-state index in [1.165, 1.54) is 6.42 Å². The Balaban J connectivity index is 1.53. The maximum absolute atomic E-state index is 15.1. The van der Waals surface area contributed by atoms with E-state index in [0.717, 1.165) is 74.9 Å². The van der Waals surface area contributed by atoms with Crippen LogP contribution < -0.4 is 21.0 Å². The van der Waals surface area contributed by atoms with E-state index in [4.69, 9.17) is 29.6 Å². The summed E-state index contributed by atoms with van der Waals surface area (Å²) in [6.07, 6.45) is 4.98. The first kappa shape index (κ1) is 23.7. The minimum atomic E-state index is -0.227. The summed E-state index contributed by atoms with van der Waals surface area (Å²) in [6.45, 7) is 6.05. The molecule has 0 spiro atoms. The number of nitrogens with zero attached hydrogens (tertiary/aromatic N) is 4. The molecule has 0 atom stereocenters. The standard InChI is InChI=1S/C24H30ClFN6S/c25-20-7-3-2-6-18(20)17-30-10-12-32(13-11-30)22-15-23(31-8-4-1-5-9-31)21(26)14-19(22)16-28-29-24(27)33/h2-3,6-7,14-16H,1,4-5,8-13,17H2,(H3,27,29,33)/b28-16+. The lowest BCUT2D eigenvalue weighted by Gasteiger charge is -2.38. The van der Waals surface area contributed by atoms with Gasteiger partial charge in [0.25, 0.3) is 0 Å². The molecule has 33 heavy (non-hydrogen) atoms. The molecule has 0 bridgehead atoms. The van der Waals surface area contributed by atoms with Gasteiger partial charge < -0.3 is 15.5 Å². The lowest BCUT2D eigenvalue weighted by atomic mass is 10.1. The minimum absolute atomic E-state index is 0.0754. The van der Waals surface area contributed by atoms with Crippen molar-refractivity contribution in [3.05, 3.63) is 58.4 Å². The fourth-order valence-electron chi connectivity index (χ4n) is 4.50. The molecule has 9 heteroatoms. The average Bonchev–Trinajstić information content (AvgIpc) is 2.82. The number of hydrogen-bond donors (Lipinski definition) is 2. The van der Waals surface area contributed by atoms with Gasteiger partial charge in [-0.3, -0.25) is 10.3 Å². The maximum Gasteiger partial charge on any atom is 0.184 e. The largest absolute Gasteiger partial charge is 0.375 e. The van der Waals surface area contributed by atoms with E-state index in [1.807, 2.05) is 24.3 Å². The zero-order valence-electron chi connectivity index (χ0n) is 18.6. The molecule has 2 saturated heterocycles. The van der Waals surface area contributed by atoms with Crippen LogP contribution >= 0.6 is 23.8 Å². The predicted molar refractivity (Wildman–Crippen MR) is 139 cm³/mol. The van der Waals surface area contributed by atoms with Crippen molar-refractivity contribution in [1.82, 2.24) is 10.3 Å². The van der Waals surface area contributed by atoms with E-state index >= 15 is 4.39 Å². The van der Waals surface area contributed by atoms with E-state index in [9.17, 15) is 0 Å². The molecule has 3 N–H and O–H groups in total. The number of hydrazone groups is 1. The fourth-order valence-corrected chi connectivity index (χ4v) is 4.75. The first-order valence-corrected chi connectivity index (χ1v) is 12.2. The summed E-state index contributed by atoms with van der Waals surface area (Å²) >= 11 is 11.2. The molecule has 2 aliphatic heterocycles. The first-order valence-electron chi connectivity index (χ1n) is 11.4. The zero-order valence-corrected chi connectivity index (χ0v) is 20.2. The Morgan fingerprint density at radius 1 is 1.03 bits per heavy atom. The molecular formula is C24H30ClFN6S. The molecule has 2 aromatic rings. The molecule has 176 valence electrons. The highest BCUT2D eigenvalue weighted by Gasteiger charge is 2.23. The van der Waals surface area contributed by atoms with Crippen molar-refractivity contribution in [2.24, 2.45) is 10.8 Å². The summed E-state index contributed by atoms with van der Waals surface area (Å²) in [4.78, 5) is 6.86. The highest BCUT2D eigenvalue weighted by Crippen LogP contribution is 2.32. The van der Waals surface area contributed by atoms with Crippen molar-refractivity contribution >= 4 is 46.5 Å². The van der Waals surface area contributed by atoms with Gasteiger partial charge in [0.1, 0.15) is 5.82 Å². The number of thiocarbonyl (C=S) groups is 1. The predicted octanol–water partition coefficient (Wildman–Crippen LogP) is 3.96. The van der Waals surface area contributed by atoms with Crippen LogP contribution in [0.4, 0.5) is 15.8 Å². The maximum atomic E-state index is 15.1. The van der Waals surface area contributed by atoms with Crippen LogP contribution in [0.25, 0.3) is 0 Å². The third kappa shape index (κ3) is 6.13. The molecule has 0 saturated carbocycles. The van der Waals surface area contributed by atoms with Crippen LogP contribution in [0, 0.1) is 5.82 Å². The van der Waals surface area contributed by atoms with Gasteiger partial charge >= 0.3 is 0 Å². The van der Waals surface area contributed by atoms with Crippen molar-refractivity contribution in [1.29, 1.82) is 0 Å². The van der Waals surface area contributed by atoms with Crippen molar-refractivity contribution in [2.75, 3.05) is 49.1 Å². The number of rotatable bonds is 6. The van der Waals surface area contributed by atoms with E-state index < -0.39 is 0 Å². The number of piperidine rings is 1. The smallest absolute Gasteiger partial charge is 0.184 e. The number of nitrogens with one attached hydrogen (secondary N) is 1. The van der Waals surface area contributed by atoms with Gasteiger partial charge in [0, 0.05) is 62.1 Å². The average molecular weight is 489 g/mol. The van der Waals surface area contributed by atoms with E-state index in [2.05, 4.69) is 31.3 Å². The number of benzene rings is 2. The van der Waals surface area contributed by atoms with Crippen molar-refractivity contribution < 1.29 is 4.39 Å². The lowest BCUT2D eigenvalue weighted by Crippen LogP contribution is -2.46. The van der Waals surface area contributed by atoms with Gasteiger partial charge in [0.15, 0.2) is 5.11 Å². The quantitative estimate of drug-likeness (QED) is 0.364. The van der Waals surface area contributed by atoms with Gasteiger partial charge in [0.05, 0.1) is 11.9 Å². The van der Waals surface area contributed by atoms with Gasteiger partial charge in [-0.2, -0.15) is 5.10 Å². The van der Waals surface area contributed by atoms with Gasteiger partial charge in [-0.1, -0.05) is 29.8 Å². The number of piperazine rings is 1. The molecule has 0 aliphatic carbocycles. The summed E-state index contributed by atoms with van der Waals surface area (Å²) in [5.41, 5.74) is 11.5. The highest BCUT2D eigenvalue weighted by atomic mass is 35.5. The van der Waals surface area contributed by atoms with Crippen LogP contribution in [0.2, 0.25) is 5.02 Å². The van der Waals surface area contributed by atoms with Crippen LogP contribution in [-0.4, -0.2) is 55.5 Å². The molecule has 0 radical (unpaired) electrons. The lowest BCUT2D eigenvalue weighted by molar-refractivity contribution is 0.250. The second-order valence-electron chi connectivity index (χ2n) is 8.50. The molecule has 2 aliphatic rings. The Labute approximate surface area is 205 Å². The van der Waals surface area contributed by atoms with Crippen molar-refractivity contribution in [3.63, 3.8) is 0 Å². The number of nitrogens with two attached hydrogens (primary N) is 1. The molecule has 2 fully saturated rings. The highest BCUT2D eigenvalue weighted by molar-refractivity contribution is 7.80. The van der Waals surface area contributed by atoms with Crippen LogP contribution in [0.15, 0.2) is 41.5 Å². The van der Waals surface area contributed by atoms with Gasteiger partial charge in [-0.05, 0) is 55.2 Å². The Bertz CT molecular complexity index is 1000. The first-order chi connectivity index (χ1) is 16.0. The second kappa shape index (κ2) is 11.1. The Morgan fingerprint density at radius 3 is 2.42 bits per heavy atom. The van der Waals surface area contributed by atoms with Crippen molar-refractivity contribution in [3.8, 4) is 0 Å². The molecule has 2 heterocycles. The number of halogens is 2. The van der Waals surface area contributed by atoms with Crippen LogP contribution in [0.1, 0.15) is 30.4 Å². The van der Waals surface area contributed by atoms with Crippen molar-refractivity contribution in [2.45, 2.75) is 25.8 Å². The summed E-state index contributed by atoms with van der Waals surface area (Å²) in [5.74, 6) is -0.227. The SMILES string of the molecule is NC(=S)N/N=C/c1cc(F)c(N2CCCCC2)cc1N1CCN(Cc2ccccc2Cl)CC1. The number of hydrogen-bond acceptors (Lipinski definition) is 5. The van der Waals surface area contributed by atoms with Crippen LogP contribution in [0.3, 0.4) is 0 Å². The van der Waals surface area contributed by atoms with Crippen LogP contribution in [-0.2, 0) is 6.54 Å². The minimum Gasteiger partial charge on any atom is -0.375 e. The van der Waals surface area contributed by atoms with E-state index in [1.54, 1.807) is 12.3 Å². The molecule has 0 unspecified atom stereocenters. The Kier molecular flexibility index (Phi) is 8.01.